The first-order valence-corrected chi connectivity index (χ1v) is 12.1. The molecule has 2 aromatic carbocycles. The number of sulfonamides is 1. The van der Waals surface area contributed by atoms with Crippen LogP contribution in [0.5, 0.6) is 0 Å². The molecule has 0 radical (unpaired) electrons. The van der Waals surface area contributed by atoms with E-state index in [9.17, 15) is 13.2 Å². The van der Waals surface area contributed by atoms with Crippen molar-refractivity contribution in [2.24, 2.45) is 0 Å². The summed E-state index contributed by atoms with van der Waals surface area (Å²) in [5.41, 5.74) is 4.17. The molecule has 1 aliphatic carbocycles. The van der Waals surface area contributed by atoms with Crippen LogP contribution in [0.2, 0.25) is 5.02 Å². The third-order valence-electron chi connectivity index (χ3n) is 5.40. The number of carbonyl (C=O) groups is 1. The molecule has 0 heterocycles. The van der Waals surface area contributed by atoms with Crippen LogP contribution in [0.4, 0.5) is 5.69 Å². The van der Waals surface area contributed by atoms with Crippen molar-refractivity contribution in [3.63, 3.8) is 0 Å². The molecular weight excluding hydrogens is 408 g/mol. The Kier molecular flexibility index (Phi) is 6.54. The lowest BCUT2D eigenvalue weighted by Gasteiger charge is -2.29. The van der Waals surface area contributed by atoms with Gasteiger partial charge in [0.05, 0.1) is 18.0 Å². The minimum atomic E-state index is -3.66. The van der Waals surface area contributed by atoms with Crippen molar-refractivity contribution < 1.29 is 13.2 Å². The smallest absolute Gasteiger partial charge is 0.244 e. The monoisotopic (exact) mass is 434 g/mol. The number of rotatable bonds is 6. The van der Waals surface area contributed by atoms with Crippen LogP contribution in [0.15, 0.2) is 42.5 Å². The Labute approximate surface area is 178 Å². The van der Waals surface area contributed by atoms with Crippen LogP contribution in [0.3, 0.4) is 0 Å². The molecule has 156 valence electrons. The largest absolute Gasteiger partial charge is 0.348 e. The van der Waals surface area contributed by atoms with Crippen LogP contribution >= 0.6 is 11.6 Å². The Morgan fingerprint density at radius 3 is 2.28 bits per heavy atom. The highest BCUT2D eigenvalue weighted by Gasteiger charge is 2.30. The first kappa shape index (κ1) is 21.7. The summed E-state index contributed by atoms with van der Waals surface area (Å²) in [6.45, 7) is 3.51. The van der Waals surface area contributed by atoms with E-state index in [2.05, 4.69) is 17.4 Å². The van der Waals surface area contributed by atoms with Crippen molar-refractivity contribution in [2.45, 2.75) is 51.6 Å². The normalized spacial score (nSPS) is 15.9. The van der Waals surface area contributed by atoms with Crippen molar-refractivity contribution in [1.29, 1.82) is 0 Å². The molecule has 0 spiro atoms. The van der Waals surface area contributed by atoms with Gasteiger partial charge in [0.15, 0.2) is 0 Å². The van der Waals surface area contributed by atoms with Gasteiger partial charge < -0.3 is 5.32 Å². The van der Waals surface area contributed by atoms with Gasteiger partial charge in [0, 0.05) is 5.02 Å². The first-order valence-electron chi connectivity index (χ1n) is 9.84. The summed E-state index contributed by atoms with van der Waals surface area (Å²) >= 11 is 5.91. The molecule has 0 bridgehead atoms. The predicted molar refractivity (Wildman–Crippen MR) is 118 cm³/mol. The van der Waals surface area contributed by atoms with Gasteiger partial charge in [0.25, 0.3) is 0 Å². The first-order chi connectivity index (χ1) is 13.7. The van der Waals surface area contributed by atoms with Crippen molar-refractivity contribution in [3.8, 4) is 0 Å². The number of hydrogen-bond donors (Lipinski definition) is 1. The molecule has 3 rings (SSSR count). The Hall–Kier alpha value is -2.05. The van der Waals surface area contributed by atoms with Gasteiger partial charge in [-0.05, 0) is 80.5 Å². The summed E-state index contributed by atoms with van der Waals surface area (Å²) in [5, 5.41) is 3.47. The average molecular weight is 435 g/mol. The van der Waals surface area contributed by atoms with E-state index in [1.165, 1.54) is 24.0 Å². The number of nitrogens with one attached hydrogen (secondary N) is 1. The lowest BCUT2D eigenvalue weighted by molar-refractivity contribution is -0.122. The van der Waals surface area contributed by atoms with Crippen molar-refractivity contribution in [3.05, 3.63) is 64.2 Å². The van der Waals surface area contributed by atoms with Crippen LogP contribution in [-0.4, -0.2) is 26.6 Å². The Balaban J connectivity index is 1.78. The van der Waals surface area contributed by atoms with Gasteiger partial charge in [-0.25, -0.2) is 8.42 Å². The van der Waals surface area contributed by atoms with Gasteiger partial charge in [0.1, 0.15) is 6.04 Å². The number of carbonyl (C=O) groups excluding carboxylic acids is 1. The maximum absolute atomic E-state index is 12.9. The molecule has 1 amide bonds. The molecule has 0 saturated carbocycles. The van der Waals surface area contributed by atoms with E-state index in [-0.39, 0.29) is 11.9 Å². The third kappa shape index (κ3) is 5.11. The fourth-order valence-electron chi connectivity index (χ4n) is 3.84. The topological polar surface area (TPSA) is 66.5 Å². The zero-order chi connectivity index (χ0) is 21.2. The number of amides is 1. The number of fused-ring (bicyclic) bond motifs is 1. The van der Waals surface area contributed by atoms with Gasteiger partial charge in [-0.15, -0.1) is 0 Å². The fraction of sp³-hybridized carbons (Fsp3) is 0.409. The molecular formula is C22H27ClN2O3S. The Morgan fingerprint density at radius 1 is 1.03 bits per heavy atom. The van der Waals surface area contributed by atoms with Gasteiger partial charge in [-0.2, -0.15) is 0 Å². The molecule has 0 fully saturated rings. The average Bonchev–Trinajstić information content (AvgIpc) is 2.68. The molecule has 5 nitrogen and oxygen atoms in total. The number of hydrogen-bond acceptors (Lipinski definition) is 3. The van der Waals surface area contributed by atoms with Crippen LogP contribution in [0.25, 0.3) is 0 Å². The van der Waals surface area contributed by atoms with Gasteiger partial charge in [-0.3, -0.25) is 9.10 Å². The second-order valence-electron chi connectivity index (χ2n) is 7.68. The van der Waals surface area contributed by atoms with E-state index in [1.54, 1.807) is 31.2 Å². The van der Waals surface area contributed by atoms with E-state index < -0.39 is 16.1 Å². The number of nitrogens with zero attached hydrogens (tertiary/aromatic N) is 1. The Bertz CT molecular complexity index is 990. The molecule has 0 saturated heterocycles. The van der Waals surface area contributed by atoms with Crippen LogP contribution in [0, 0.1) is 0 Å². The van der Waals surface area contributed by atoms with E-state index in [0.29, 0.717) is 10.7 Å². The minimum Gasteiger partial charge on any atom is -0.348 e. The predicted octanol–water partition coefficient (Wildman–Crippen LogP) is 4.25. The van der Waals surface area contributed by atoms with E-state index in [4.69, 9.17) is 11.6 Å². The molecule has 0 aliphatic heterocycles. The van der Waals surface area contributed by atoms with Crippen LogP contribution < -0.4 is 9.62 Å². The SMILES string of the molecule is C[C@H](C(=O)N[C@H](C)c1ccc2c(c1)CCCC2)N(c1ccc(Cl)cc1)S(C)(=O)=O. The summed E-state index contributed by atoms with van der Waals surface area (Å²) in [6.07, 6.45) is 5.69. The molecule has 29 heavy (non-hydrogen) atoms. The second-order valence-corrected chi connectivity index (χ2v) is 9.97. The van der Waals surface area contributed by atoms with Gasteiger partial charge in [-0.1, -0.05) is 29.8 Å². The lowest BCUT2D eigenvalue weighted by Crippen LogP contribution is -2.48. The highest BCUT2D eigenvalue weighted by Crippen LogP contribution is 2.26. The standard InChI is InChI=1S/C22H27ClN2O3S/c1-15(18-9-8-17-6-4-5-7-19(17)14-18)24-22(26)16(2)25(29(3,27)28)21-12-10-20(23)11-13-21/h8-16H,4-7H2,1-3H3,(H,24,26)/t15-,16-/m1/s1. The molecule has 7 heteroatoms. The maximum Gasteiger partial charge on any atom is 0.244 e. The number of anilines is 1. The summed E-state index contributed by atoms with van der Waals surface area (Å²) in [5.74, 6) is -0.351. The third-order valence-corrected chi connectivity index (χ3v) is 6.89. The van der Waals surface area contributed by atoms with Gasteiger partial charge >= 0.3 is 0 Å². The molecule has 0 aromatic heterocycles. The maximum atomic E-state index is 12.9. The summed E-state index contributed by atoms with van der Waals surface area (Å²) in [6, 6.07) is 11.7. The Morgan fingerprint density at radius 2 is 1.66 bits per heavy atom. The zero-order valence-electron chi connectivity index (χ0n) is 17.0. The van der Waals surface area contributed by atoms with E-state index >= 15 is 0 Å². The lowest BCUT2D eigenvalue weighted by atomic mass is 9.89. The summed E-state index contributed by atoms with van der Waals surface area (Å²) in [4.78, 5) is 12.9. The highest BCUT2D eigenvalue weighted by molar-refractivity contribution is 7.92. The molecule has 1 aliphatic rings. The zero-order valence-corrected chi connectivity index (χ0v) is 18.6. The van der Waals surface area contributed by atoms with Crippen molar-refractivity contribution in [1.82, 2.24) is 5.32 Å². The van der Waals surface area contributed by atoms with Crippen LogP contribution in [-0.2, 0) is 27.7 Å². The molecule has 2 atom stereocenters. The van der Waals surface area contributed by atoms with Gasteiger partial charge in [0.2, 0.25) is 15.9 Å². The van der Waals surface area contributed by atoms with Crippen molar-refractivity contribution in [2.75, 3.05) is 10.6 Å². The molecule has 0 unspecified atom stereocenters. The molecule has 1 N–H and O–H groups in total. The number of benzene rings is 2. The van der Waals surface area contributed by atoms with E-state index in [1.807, 2.05) is 13.0 Å². The number of aryl methyl sites for hydroxylation is 2. The summed E-state index contributed by atoms with van der Waals surface area (Å²) < 4.78 is 25.9. The quantitative estimate of drug-likeness (QED) is 0.739. The fourth-order valence-corrected chi connectivity index (χ4v) is 5.14. The van der Waals surface area contributed by atoms with E-state index in [0.717, 1.165) is 29.0 Å². The minimum absolute atomic E-state index is 0.219. The number of halogens is 1. The van der Waals surface area contributed by atoms with Crippen LogP contribution in [0.1, 0.15) is 49.4 Å². The highest BCUT2D eigenvalue weighted by atomic mass is 35.5. The second kappa shape index (κ2) is 8.76. The summed E-state index contributed by atoms with van der Waals surface area (Å²) in [7, 11) is -3.66. The van der Waals surface area contributed by atoms with Crippen molar-refractivity contribution >= 4 is 33.2 Å². The molecule has 2 aromatic rings.